The van der Waals surface area contributed by atoms with E-state index in [2.05, 4.69) is 15.9 Å². The van der Waals surface area contributed by atoms with Crippen molar-refractivity contribution in [1.82, 2.24) is 4.90 Å². The van der Waals surface area contributed by atoms with Gasteiger partial charge in [-0.15, -0.1) is 0 Å². The number of hydrogen-bond acceptors (Lipinski definition) is 2. The molecule has 1 aliphatic rings. The van der Waals surface area contributed by atoms with Gasteiger partial charge in [0.2, 0.25) is 0 Å². The number of carbonyl (C=O) groups excluding carboxylic acids is 2. The monoisotopic (exact) mass is 315 g/mol. The molecule has 0 fully saturated rings. The summed E-state index contributed by atoms with van der Waals surface area (Å²) in [6, 6.07) is 14.5. The van der Waals surface area contributed by atoms with Crippen LogP contribution in [0.2, 0.25) is 0 Å². The fraction of sp³-hybridized carbons (Fsp3) is 0.0667. The Hall–Kier alpha value is -1.94. The molecule has 1 aliphatic heterocycles. The molecule has 2 aromatic carbocycles. The second kappa shape index (κ2) is 4.63. The van der Waals surface area contributed by atoms with Crippen LogP contribution in [0, 0.1) is 0 Å². The van der Waals surface area contributed by atoms with Gasteiger partial charge >= 0.3 is 0 Å². The third-order valence-corrected chi connectivity index (χ3v) is 3.66. The first-order chi connectivity index (χ1) is 9.16. The maximum atomic E-state index is 12.2. The minimum atomic E-state index is -0.219. The highest BCUT2D eigenvalue weighted by atomic mass is 79.9. The summed E-state index contributed by atoms with van der Waals surface area (Å²) in [4.78, 5) is 25.6. The van der Waals surface area contributed by atoms with Gasteiger partial charge < -0.3 is 0 Å². The van der Waals surface area contributed by atoms with Gasteiger partial charge in [0.05, 0.1) is 17.7 Å². The Balaban J connectivity index is 1.90. The minimum absolute atomic E-state index is 0.219. The normalized spacial score (nSPS) is 13.8. The zero-order valence-corrected chi connectivity index (χ0v) is 11.6. The van der Waals surface area contributed by atoms with Crippen molar-refractivity contribution in [3.63, 3.8) is 0 Å². The van der Waals surface area contributed by atoms with Crippen LogP contribution in [0.1, 0.15) is 26.3 Å². The lowest BCUT2D eigenvalue weighted by Gasteiger charge is -2.13. The minimum Gasteiger partial charge on any atom is -0.270 e. The molecular formula is C15H10BrNO2. The number of fused-ring (bicyclic) bond motifs is 1. The molecule has 3 nitrogen and oxygen atoms in total. The molecule has 0 radical (unpaired) electrons. The van der Waals surface area contributed by atoms with E-state index in [0.29, 0.717) is 17.7 Å². The molecule has 3 rings (SSSR count). The second-order valence-electron chi connectivity index (χ2n) is 4.37. The van der Waals surface area contributed by atoms with Crippen molar-refractivity contribution in [2.45, 2.75) is 6.54 Å². The molecule has 0 N–H and O–H groups in total. The van der Waals surface area contributed by atoms with Gasteiger partial charge in [0.1, 0.15) is 0 Å². The van der Waals surface area contributed by atoms with Gasteiger partial charge in [-0.1, -0.05) is 40.2 Å². The molecule has 0 unspecified atom stereocenters. The molecule has 0 aromatic heterocycles. The van der Waals surface area contributed by atoms with Crippen molar-refractivity contribution in [3.8, 4) is 0 Å². The number of amides is 2. The van der Waals surface area contributed by atoms with Crippen molar-refractivity contribution in [1.29, 1.82) is 0 Å². The average Bonchev–Trinajstić information content (AvgIpc) is 2.67. The van der Waals surface area contributed by atoms with Crippen LogP contribution in [0.25, 0.3) is 0 Å². The molecule has 4 heteroatoms. The molecule has 0 spiro atoms. The van der Waals surface area contributed by atoms with Crippen LogP contribution in [0.15, 0.2) is 53.0 Å². The van der Waals surface area contributed by atoms with E-state index in [4.69, 9.17) is 0 Å². The Morgan fingerprint density at radius 3 is 1.89 bits per heavy atom. The summed E-state index contributed by atoms with van der Waals surface area (Å²) in [6.07, 6.45) is 0. The van der Waals surface area contributed by atoms with Crippen LogP contribution in [-0.4, -0.2) is 16.7 Å². The predicted octanol–water partition coefficient (Wildman–Crippen LogP) is 3.25. The molecule has 2 amide bonds. The number of nitrogens with zero attached hydrogens (tertiary/aromatic N) is 1. The molecule has 0 atom stereocenters. The van der Waals surface area contributed by atoms with E-state index in [-0.39, 0.29) is 11.8 Å². The quantitative estimate of drug-likeness (QED) is 0.798. The van der Waals surface area contributed by atoms with Gasteiger partial charge in [-0.25, -0.2) is 0 Å². The molecule has 1 heterocycles. The zero-order valence-electron chi connectivity index (χ0n) is 9.97. The summed E-state index contributed by atoms with van der Waals surface area (Å²) >= 11 is 3.36. The van der Waals surface area contributed by atoms with Gasteiger partial charge in [-0.2, -0.15) is 0 Å². The van der Waals surface area contributed by atoms with E-state index in [1.165, 1.54) is 4.90 Å². The molecule has 94 valence electrons. The number of benzene rings is 2. The highest BCUT2D eigenvalue weighted by Gasteiger charge is 2.34. The highest BCUT2D eigenvalue weighted by molar-refractivity contribution is 9.10. The van der Waals surface area contributed by atoms with Crippen molar-refractivity contribution in [3.05, 3.63) is 69.7 Å². The Kier molecular flexibility index (Phi) is 2.95. The maximum Gasteiger partial charge on any atom is 0.261 e. The average molecular weight is 316 g/mol. The van der Waals surface area contributed by atoms with Gasteiger partial charge in [0.15, 0.2) is 0 Å². The van der Waals surface area contributed by atoms with Crippen LogP contribution in [0.5, 0.6) is 0 Å². The Labute approximate surface area is 119 Å². The number of halogens is 1. The lowest BCUT2D eigenvalue weighted by molar-refractivity contribution is 0.0642. The summed E-state index contributed by atoms with van der Waals surface area (Å²) in [7, 11) is 0. The Morgan fingerprint density at radius 1 is 0.842 bits per heavy atom. The first-order valence-corrected chi connectivity index (χ1v) is 6.66. The maximum absolute atomic E-state index is 12.2. The second-order valence-corrected chi connectivity index (χ2v) is 5.28. The molecule has 19 heavy (non-hydrogen) atoms. The van der Waals surface area contributed by atoms with Gasteiger partial charge in [0, 0.05) is 4.47 Å². The summed E-state index contributed by atoms with van der Waals surface area (Å²) in [5.41, 5.74) is 1.91. The predicted molar refractivity (Wildman–Crippen MR) is 74.8 cm³/mol. The fourth-order valence-electron chi connectivity index (χ4n) is 2.16. The smallest absolute Gasteiger partial charge is 0.261 e. The summed E-state index contributed by atoms with van der Waals surface area (Å²) in [5, 5.41) is 0. The molecule has 0 bridgehead atoms. The number of carbonyl (C=O) groups is 2. The molecular weight excluding hydrogens is 306 g/mol. The van der Waals surface area contributed by atoms with Crippen LogP contribution in [0.3, 0.4) is 0 Å². The van der Waals surface area contributed by atoms with Gasteiger partial charge in [-0.3, -0.25) is 14.5 Å². The van der Waals surface area contributed by atoms with Crippen molar-refractivity contribution in [2.75, 3.05) is 0 Å². The molecule has 0 aliphatic carbocycles. The van der Waals surface area contributed by atoms with Crippen molar-refractivity contribution in [2.24, 2.45) is 0 Å². The van der Waals surface area contributed by atoms with Gasteiger partial charge in [0.25, 0.3) is 11.8 Å². The van der Waals surface area contributed by atoms with E-state index < -0.39 is 0 Å². The molecule has 0 saturated heterocycles. The highest BCUT2D eigenvalue weighted by Crippen LogP contribution is 2.24. The zero-order chi connectivity index (χ0) is 13.4. The van der Waals surface area contributed by atoms with Crippen LogP contribution < -0.4 is 0 Å². The third-order valence-electron chi connectivity index (χ3n) is 3.13. The van der Waals surface area contributed by atoms with E-state index in [0.717, 1.165) is 10.0 Å². The molecule has 2 aromatic rings. The molecule has 0 saturated carbocycles. The van der Waals surface area contributed by atoms with Gasteiger partial charge in [-0.05, 0) is 29.8 Å². The SMILES string of the molecule is O=C1c2ccccc2C(=O)N1Cc1ccc(Br)cc1. The van der Waals surface area contributed by atoms with Crippen molar-refractivity contribution < 1.29 is 9.59 Å². The van der Waals surface area contributed by atoms with E-state index in [9.17, 15) is 9.59 Å². The number of rotatable bonds is 2. The lowest BCUT2D eigenvalue weighted by atomic mass is 10.1. The first-order valence-electron chi connectivity index (χ1n) is 5.86. The van der Waals surface area contributed by atoms with E-state index in [1.807, 2.05) is 24.3 Å². The van der Waals surface area contributed by atoms with E-state index >= 15 is 0 Å². The standard InChI is InChI=1S/C15H10BrNO2/c16-11-7-5-10(6-8-11)9-17-14(18)12-3-1-2-4-13(12)15(17)19/h1-8H,9H2. The number of imide groups is 1. The summed E-state index contributed by atoms with van der Waals surface area (Å²) in [6.45, 7) is 0.305. The third kappa shape index (κ3) is 2.08. The Bertz CT molecular complexity index is 629. The fourth-order valence-corrected chi connectivity index (χ4v) is 2.42. The summed E-state index contributed by atoms with van der Waals surface area (Å²) < 4.78 is 0.971. The summed E-state index contributed by atoms with van der Waals surface area (Å²) in [5.74, 6) is -0.438. The first kappa shape index (κ1) is 12.1. The van der Waals surface area contributed by atoms with Crippen LogP contribution >= 0.6 is 15.9 Å². The van der Waals surface area contributed by atoms with Crippen LogP contribution in [-0.2, 0) is 6.54 Å². The topological polar surface area (TPSA) is 37.4 Å². The van der Waals surface area contributed by atoms with Crippen molar-refractivity contribution >= 4 is 27.7 Å². The van der Waals surface area contributed by atoms with E-state index in [1.54, 1.807) is 24.3 Å². The number of hydrogen-bond donors (Lipinski definition) is 0. The Morgan fingerprint density at radius 2 is 1.37 bits per heavy atom. The largest absolute Gasteiger partial charge is 0.270 e. The lowest BCUT2D eigenvalue weighted by Crippen LogP contribution is -2.29. The van der Waals surface area contributed by atoms with Crippen LogP contribution in [0.4, 0.5) is 0 Å².